The molecule has 0 aliphatic carbocycles. The van der Waals surface area contributed by atoms with Crippen LogP contribution >= 0.6 is 0 Å². The van der Waals surface area contributed by atoms with E-state index in [0.29, 0.717) is 25.8 Å². The first-order chi connectivity index (χ1) is 28.6. The molecule has 25 heteroatoms. The summed E-state index contributed by atoms with van der Waals surface area (Å²) >= 11 is 0. The molecular weight excluding hydrogens is 804 g/mol. The monoisotopic (exact) mass is 871 g/mol. The quantitative estimate of drug-likeness (QED) is 0.0175. The normalized spacial score (nSPS) is 12.7. The number of unbranched alkanes of at least 4 members (excludes halogenated alkanes) is 1. The first-order valence-corrected chi connectivity index (χ1v) is 19.9. The van der Waals surface area contributed by atoms with Gasteiger partial charge in [-0.1, -0.05) is 27.7 Å². The van der Waals surface area contributed by atoms with E-state index in [1.807, 2.05) is 0 Å². The van der Waals surface area contributed by atoms with Gasteiger partial charge < -0.3 is 75.9 Å². The van der Waals surface area contributed by atoms with Gasteiger partial charge in [-0.05, 0) is 63.3 Å². The van der Waals surface area contributed by atoms with Gasteiger partial charge in [0, 0.05) is 6.54 Å². The summed E-state index contributed by atoms with van der Waals surface area (Å²) in [5.74, 6) is -7.94. The number of nitrogens with one attached hydrogen (secondary N) is 9. The SMILES string of the molecule is CC(C)C[C@H](NC(=O)CNC(=O)CNC(=O)CNC(=O)CNC(=O)[C@@H](N)CCCN=C(N)N)C(=O)NCC(=O)N[C@@H](CC(C)C)C(=O)NCC(=O)N[C@@H](CCCCN)C(=O)O. The molecule has 0 aromatic carbocycles. The molecule has 0 aliphatic rings. The lowest BCUT2D eigenvalue weighted by Gasteiger charge is -2.22. The van der Waals surface area contributed by atoms with Crippen LogP contribution in [0.3, 0.4) is 0 Å². The standard InChI is InChI=1S/C36H66N14O11/c1-20(2)12-24(33(58)47-19-31(56)50-25(13-21(3)4)34(59)46-18-30(55)48-23(35(60)61)9-5-6-10-37)49-29(54)17-44-27(52)15-42-26(51)14-43-28(53)16-45-32(57)22(38)8-7-11-41-36(39)40/h20-25H,5-19,37-38H2,1-4H3,(H,42,51)(H,43,53)(H,44,52)(H,45,57)(H,46,59)(H,47,58)(H,48,55)(H,49,54)(H,50,56)(H,60,61)(H4,39,40,41)/t22-,23-,24-,25-/m0/s1. The molecular formula is C36H66N14O11. The van der Waals surface area contributed by atoms with Gasteiger partial charge in [0.1, 0.15) is 18.1 Å². The molecule has 0 aliphatic heterocycles. The van der Waals surface area contributed by atoms with E-state index in [9.17, 15) is 53.1 Å². The first-order valence-electron chi connectivity index (χ1n) is 19.9. The highest BCUT2D eigenvalue weighted by Crippen LogP contribution is 2.07. The van der Waals surface area contributed by atoms with E-state index in [2.05, 4.69) is 52.8 Å². The molecule has 0 aromatic rings. The molecule has 0 aromatic heterocycles. The number of rotatable bonds is 31. The van der Waals surface area contributed by atoms with Gasteiger partial charge >= 0.3 is 5.97 Å². The molecule has 0 heterocycles. The Hall–Kier alpha value is -6.11. The average Bonchev–Trinajstić information content (AvgIpc) is 3.18. The Morgan fingerprint density at radius 3 is 1.28 bits per heavy atom. The average molecular weight is 871 g/mol. The zero-order chi connectivity index (χ0) is 46.5. The Labute approximate surface area is 354 Å². The first kappa shape index (κ1) is 54.9. The number of carbonyl (C=O) groups is 10. The fraction of sp³-hybridized carbons (Fsp3) is 0.694. The van der Waals surface area contributed by atoms with Crippen LogP contribution in [-0.2, 0) is 47.9 Å². The zero-order valence-electron chi connectivity index (χ0n) is 35.4. The lowest BCUT2D eigenvalue weighted by molar-refractivity contribution is -0.142. The smallest absolute Gasteiger partial charge is 0.326 e. The van der Waals surface area contributed by atoms with Gasteiger partial charge in [-0.2, -0.15) is 0 Å². The Morgan fingerprint density at radius 2 is 0.885 bits per heavy atom. The summed E-state index contributed by atoms with van der Waals surface area (Å²) in [6.07, 6.45) is 2.24. The number of carbonyl (C=O) groups excluding carboxylic acids is 9. The van der Waals surface area contributed by atoms with Crippen molar-refractivity contribution in [2.24, 2.45) is 39.8 Å². The number of hydrogen-bond donors (Lipinski definition) is 14. The van der Waals surface area contributed by atoms with Crippen LogP contribution in [0.1, 0.15) is 72.6 Å². The van der Waals surface area contributed by atoms with Crippen molar-refractivity contribution in [2.45, 2.75) is 96.8 Å². The maximum atomic E-state index is 13.0. The van der Waals surface area contributed by atoms with E-state index in [4.69, 9.17) is 22.9 Å². The molecule has 0 spiro atoms. The summed E-state index contributed by atoms with van der Waals surface area (Å²) in [5.41, 5.74) is 21.6. The van der Waals surface area contributed by atoms with Crippen molar-refractivity contribution >= 4 is 65.1 Å². The van der Waals surface area contributed by atoms with Gasteiger partial charge in [-0.15, -0.1) is 0 Å². The lowest BCUT2D eigenvalue weighted by atomic mass is 10.0. The molecule has 0 bridgehead atoms. The number of aliphatic imine (C=N–C) groups is 1. The molecule has 346 valence electrons. The summed E-state index contributed by atoms with van der Waals surface area (Å²) in [5, 5.41) is 30.7. The third-order valence-corrected chi connectivity index (χ3v) is 8.21. The molecule has 0 saturated heterocycles. The van der Waals surface area contributed by atoms with E-state index in [1.165, 1.54) is 0 Å². The van der Waals surface area contributed by atoms with Crippen molar-refractivity contribution in [3.8, 4) is 0 Å². The van der Waals surface area contributed by atoms with Crippen LogP contribution in [0.2, 0.25) is 0 Å². The number of amides is 9. The molecule has 61 heavy (non-hydrogen) atoms. The Kier molecular flexibility index (Phi) is 27.8. The van der Waals surface area contributed by atoms with Gasteiger partial charge in [0.15, 0.2) is 5.96 Å². The number of nitrogens with zero attached hydrogens (tertiary/aromatic N) is 1. The van der Waals surface area contributed by atoms with E-state index in [1.54, 1.807) is 27.7 Å². The van der Waals surface area contributed by atoms with Crippen LogP contribution in [-0.4, -0.2) is 147 Å². The molecule has 0 rings (SSSR count). The largest absolute Gasteiger partial charge is 0.480 e. The number of aliphatic carboxylic acids is 1. The highest BCUT2D eigenvalue weighted by Gasteiger charge is 2.26. The summed E-state index contributed by atoms with van der Waals surface area (Å²) in [6, 6.07) is -4.28. The second kappa shape index (κ2) is 30.9. The summed E-state index contributed by atoms with van der Waals surface area (Å²) in [4.78, 5) is 127. The van der Waals surface area contributed by atoms with E-state index in [-0.39, 0.29) is 50.0 Å². The number of carboxylic acids is 1. The van der Waals surface area contributed by atoms with Gasteiger partial charge in [0.05, 0.1) is 45.3 Å². The summed E-state index contributed by atoms with van der Waals surface area (Å²) in [7, 11) is 0. The predicted molar refractivity (Wildman–Crippen MR) is 221 cm³/mol. The Bertz CT molecular complexity index is 1520. The minimum Gasteiger partial charge on any atom is -0.480 e. The topological polar surface area (TPSA) is 416 Å². The molecule has 0 fully saturated rings. The Balaban J connectivity index is 4.84. The number of carboxylic acid groups (broad SMARTS) is 1. The van der Waals surface area contributed by atoms with Crippen molar-refractivity contribution in [3.05, 3.63) is 0 Å². The minimum atomic E-state index is -1.23. The molecule has 18 N–H and O–H groups in total. The summed E-state index contributed by atoms with van der Waals surface area (Å²) in [6.45, 7) is 4.61. The second-order valence-electron chi connectivity index (χ2n) is 14.8. The fourth-order valence-corrected chi connectivity index (χ4v) is 5.15. The minimum absolute atomic E-state index is 0.0766. The molecule has 0 radical (unpaired) electrons. The van der Waals surface area contributed by atoms with Gasteiger partial charge in [-0.3, -0.25) is 48.1 Å². The van der Waals surface area contributed by atoms with Crippen LogP contribution in [0.25, 0.3) is 0 Å². The van der Waals surface area contributed by atoms with Crippen molar-refractivity contribution in [1.29, 1.82) is 0 Å². The van der Waals surface area contributed by atoms with Crippen molar-refractivity contribution in [3.63, 3.8) is 0 Å². The van der Waals surface area contributed by atoms with Crippen LogP contribution < -0.4 is 70.8 Å². The van der Waals surface area contributed by atoms with E-state index in [0.717, 1.165) is 0 Å². The highest BCUT2D eigenvalue weighted by atomic mass is 16.4. The lowest BCUT2D eigenvalue weighted by Crippen LogP contribution is -2.54. The van der Waals surface area contributed by atoms with Gasteiger partial charge in [0.25, 0.3) is 0 Å². The van der Waals surface area contributed by atoms with Crippen LogP contribution in [0.4, 0.5) is 0 Å². The molecule has 0 saturated carbocycles. The highest BCUT2D eigenvalue weighted by molar-refractivity contribution is 5.95. The maximum absolute atomic E-state index is 13.0. The van der Waals surface area contributed by atoms with E-state index < -0.39 is 123 Å². The van der Waals surface area contributed by atoms with Gasteiger partial charge in [-0.25, -0.2) is 4.79 Å². The third kappa shape index (κ3) is 28.1. The van der Waals surface area contributed by atoms with Crippen molar-refractivity contribution in [1.82, 2.24) is 47.9 Å². The van der Waals surface area contributed by atoms with Crippen LogP contribution in [0.5, 0.6) is 0 Å². The molecule has 9 amide bonds. The van der Waals surface area contributed by atoms with Crippen LogP contribution in [0, 0.1) is 11.8 Å². The Morgan fingerprint density at radius 1 is 0.508 bits per heavy atom. The number of guanidine groups is 1. The zero-order valence-corrected chi connectivity index (χ0v) is 35.4. The fourth-order valence-electron chi connectivity index (χ4n) is 5.15. The number of hydrogen-bond acceptors (Lipinski definition) is 13. The van der Waals surface area contributed by atoms with Gasteiger partial charge in [0.2, 0.25) is 53.2 Å². The van der Waals surface area contributed by atoms with Crippen LogP contribution in [0.15, 0.2) is 4.99 Å². The van der Waals surface area contributed by atoms with Crippen molar-refractivity contribution < 1.29 is 53.1 Å². The summed E-state index contributed by atoms with van der Waals surface area (Å²) < 4.78 is 0. The number of nitrogens with two attached hydrogens (primary N) is 4. The predicted octanol–water partition coefficient (Wildman–Crippen LogP) is -6.18. The molecule has 0 unspecified atom stereocenters. The van der Waals surface area contributed by atoms with Crippen molar-refractivity contribution in [2.75, 3.05) is 52.4 Å². The second-order valence-corrected chi connectivity index (χ2v) is 14.8. The molecule has 25 nitrogen and oxygen atoms in total. The third-order valence-electron chi connectivity index (χ3n) is 8.21. The molecule has 4 atom stereocenters. The maximum Gasteiger partial charge on any atom is 0.326 e. The van der Waals surface area contributed by atoms with E-state index >= 15 is 0 Å².